The predicted octanol–water partition coefficient (Wildman–Crippen LogP) is 4.13. The smallest absolute Gasteiger partial charge is 0.264 e. The number of halogens is 1. The summed E-state index contributed by atoms with van der Waals surface area (Å²) >= 11 is 6.44. The molecule has 0 aliphatic rings. The van der Waals surface area contributed by atoms with Crippen molar-refractivity contribution >= 4 is 50.1 Å². The minimum absolute atomic E-state index is 0.0575. The predicted molar refractivity (Wildman–Crippen MR) is 93.9 cm³/mol. The molecule has 0 aliphatic carbocycles. The molecule has 0 saturated heterocycles. The van der Waals surface area contributed by atoms with Crippen molar-refractivity contribution in [3.63, 3.8) is 0 Å². The summed E-state index contributed by atoms with van der Waals surface area (Å²) in [5, 5.41) is 11.2. The second kappa shape index (κ2) is 8.50. The van der Waals surface area contributed by atoms with E-state index in [1.54, 1.807) is 11.8 Å². The van der Waals surface area contributed by atoms with Crippen molar-refractivity contribution in [1.29, 1.82) is 0 Å². The Bertz CT molecular complexity index is 649. The molecule has 1 aromatic heterocycles. The molecule has 0 atom stereocenters. The molecule has 8 heteroatoms. The monoisotopic (exact) mass is 401 g/mol. The third kappa shape index (κ3) is 5.26. The van der Waals surface area contributed by atoms with Gasteiger partial charge >= 0.3 is 0 Å². The van der Waals surface area contributed by atoms with Gasteiger partial charge in [-0.1, -0.05) is 46.0 Å². The molecule has 2 aromatic rings. The third-order valence-electron chi connectivity index (χ3n) is 2.58. The molecule has 0 unspecified atom stereocenters. The summed E-state index contributed by atoms with van der Waals surface area (Å²) < 4.78 is 7.34. The molecule has 1 amide bonds. The SMILES string of the molecule is CCCSc1nnc(NC(=O)COc2ccc(Br)c(C)c2)s1. The van der Waals surface area contributed by atoms with Crippen LogP contribution in [0.2, 0.25) is 0 Å². The molecule has 1 heterocycles. The molecule has 1 N–H and O–H groups in total. The number of aryl methyl sites for hydroxylation is 1. The van der Waals surface area contributed by atoms with Crippen molar-refractivity contribution in [3.8, 4) is 5.75 Å². The lowest BCUT2D eigenvalue weighted by Crippen LogP contribution is -2.20. The number of ether oxygens (including phenoxy) is 1. The van der Waals surface area contributed by atoms with Gasteiger partial charge in [-0.2, -0.15) is 0 Å². The van der Waals surface area contributed by atoms with Crippen LogP contribution >= 0.6 is 39.0 Å². The number of amides is 1. The molecule has 22 heavy (non-hydrogen) atoms. The van der Waals surface area contributed by atoms with Crippen LogP contribution in [0.3, 0.4) is 0 Å². The van der Waals surface area contributed by atoms with E-state index in [-0.39, 0.29) is 12.5 Å². The zero-order valence-corrected chi connectivity index (χ0v) is 15.5. The van der Waals surface area contributed by atoms with E-state index in [1.165, 1.54) is 11.3 Å². The van der Waals surface area contributed by atoms with E-state index in [0.29, 0.717) is 10.9 Å². The van der Waals surface area contributed by atoms with Crippen molar-refractivity contribution in [2.45, 2.75) is 24.6 Å². The van der Waals surface area contributed by atoms with E-state index in [9.17, 15) is 4.79 Å². The van der Waals surface area contributed by atoms with Crippen LogP contribution in [0.1, 0.15) is 18.9 Å². The van der Waals surface area contributed by atoms with Gasteiger partial charge in [0.1, 0.15) is 5.75 Å². The average Bonchev–Trinajstić information content (AvgIpc) is 2.94. The van der Waals surface area contributed by atoms with Crippen LogP contribution in [0.5, 0.6) is 5.75 Å². The van der Waals surface area contributed by atoms with Gasteiger partial charge in [0.25, 0.3) is 5.91 Å². The second-order valence-corrected chi connectivity index (χ2v) is 7.64. The Morgan fingerprint density at radius 1 is 1.45 bits per heavy atom. The quantitative estimate of drug-likeness (QED) is 0.557. The molecule has 118 valence electrons. The number of thioether (sulfide) groups is 1. The van der Waals surface area contributed by atoms with Gasteiger partial charge in [-0.05, 0) is 37.1 Å². The first-order chi connectivity index (χ1) is 10.6. The minimum Gasteiger partial charge on any atom is -0.484 e. The highest BCUT2D eigenvalue weighted by Gasteiger charge is 2.09. The highest BCUT2D eigenvalue weighted by Crippen LogP contribution is 2.26. The summed E-state index contributed by atoms with van der Waals surface area (Å²) in [7, 11) is 0. The number of hydrogen-bond donors (Lipinski definition) is 1. The fourth-order valence-corrected chi connectivity index (χ4v) is 3.46. The zero-order chi connectivity index (χ0) is 15.9. The summed E-state index contributed by atoms with van der Waals surface area (Å²) in [6.07, 6.45) is 1.08. The van der Waals surface area contributed by atoms with E-state index in [0.717, 1.165) is 26.5 Å². The largest absolute Gasteiger partial charge is 0.484 e. The number of aromatic nitrogens is 2. The molecule has 2 rings (SSSR count). The van der Waals surface area contributed by atoms with Gasteiger partial charge < -0.3 is 4.74 Å². The summed E-state index contributed by atoms with van der Waals surface area (Å²) in [6, 6.07) is 5.58. The maximum atomic E-state index is 11.8. The van der Waals surface area contributed by atoms with Gasteiger partial charge in [-0.25, -0.2) is 0 Å². The van der Waals surface area contributed by atoms with Crippen LogP contribution in [-0.2, 0) is 4.79 Å². The van der Waals surface area contributed by atoms with E-state index in [1.807, 2.05) is 25.1 Å². The molecular weight excluding hydrogens is 386 g/mol. The fourth-order valence-electron chi connectivity index (χ4n) is 1.52. The van der Waals surface area contributed by atoms with Crippen LogP contribution in [-0.4, -0.2) is 28.5 Å². The molecule has 0 saturated carbocycles. The number of nitrogens with zero attached hydrogens (tertiary/aromatic N) is 2. The maximum Gasteiger partial charge on any atom is 0.264 e. The standard InChI is InChI=1S/C14H16BrN3O2S2/c1-3-6-21-14-18-17-13(22-14)16-12(19)8-20-10-4-5-11(15)9(2)7-10/h4-5,7H,3,6,8H2,1-2H3,(H,16,17,19). The first-order valence-corrected chi connectivity index (χ1v) is 9.33. The lowest BCUT2D eigenvalue weighted by atomic mass is 10.2. The number of nitrogens with one attached hydrogen (secondary N) is 1. The molecule has 5 nitrogen and oxygen atoms in total. The highest BCUT2D eigenvalue weighted by atomic mass is 79.9. The highest BCUT2D eigenvalue weighted by molar-refractivity contribution is 9.10. The van der Waals surface area contributed by atoms with Crippen molar-refractivity contribution in [2.24, 2.45) is 0 Å². The van der Waals surface area contributed by atoms with Crippen molar-refractivity contribution < 1.29 is 9.53 Å². The third-order valence-corrected chi connectivity index (χ3v) is 5.65. The molecule has 0 fully saturated rings. The Balaban J connectivity index is 1.82. The average molecular weight is 402 g/mol. The van der Waals surface area contributed by atoms with Crippen LogP contribution in [0, 0.1) is 6.92 Å². The van der Waals surface area contributed by atoms with Gasteiger partial charge in [-0.15, -0.1) is 10.2 Å². The summed E-state index contributed by atoms with van der Waals surface area (Å²) in [6.45, 7) is 4.02. The van der Waals surface area contributed by atoms with Crippen molar-refractivity contribution in [1.82, 2.24) is 10.2 Å². The Labute approximate surface area is 146 Å². The van der Waals surface area contributed by atoms with Gasteiger partial charge in [0.15, 0.2) is 10.9 Å². The van der Waals surface area contributed by atoms with Gasteiger partial charge in [0.05, 0.1) is 0 Å². The van der Waals surface area contributed by atoms with Crippen LogP contribution in [0.4, 0.5) is 5.13 Å². The van der Waals surface area contributed by atoms with E-state index >= 15 is 0 Å². The minimum atomic E-state index is -0.247. The maximum absolute atomic E-state index is 11.8. The first-order valence-electron chi connectivity index (χ1n) is 6.73. The Morgan fingerprint density at radius 2 is 2.27 bits per heavy atom. The van der Waals surface area contributed by atoms with Gasteiger partial charge in [0, 0.05) is 10.2 Å². The molecule has 0 aliphatic heterocycles. The molecular formula is C14H16BrN3O2S2. The number of rotatable bonds is 7. The summed E-state index contributed by atoms with van der Waals surface area (Å²) in [5.74, 6) is 1.41. The van der Waals surface area contributed by atoms with Crippen LogP contribution in [0.15, 0.2) is 27.0 Å². The van der Waals surface area contributed by atoms with Crippen molar-refractivity contribution in [3.05, 3.63) is 28.2 Å². The Kier molecular flexibility index (Phi) is 6.66. The number of anilines is 1. The number of carbonyl (C=O) groups excluding carboxylic acids is 1. The number of benzene rings is 1. The van der Waals surface area contributed by atoms with Gasteiger partial charge in [0.2, 0.25) is 5.13 Å². The first kappa shape index (κ1) is 17.2. The molecule has 0 spiro atoms. The number of carbonyl (C=O) groups is 1. The Hall–Kier alpha value is -1.12. The second-order valence-electron chi connectivity index (χ2n) is 4.47. The normalized spacial score (nSPS) is 10.5. The van der Waals surface area contributed by atoms with E-state index < -0.39 is 0 Å². The summed E-state index contributed by atoms with van der Waals surface area (Å²) in [5.41, 5.74) is 1.06. The molecule has 0 radical (unpaired) electrons. The summed E-state index contributed by atoms with van der Waals surface area (Å²) in [4.78, 5) is 11.8. The topological polar surface area (TPSA) is 64.1 Å². The lowest BCUT2D eigenvalue weighted by Gasteiger charge is -2.07. The van der Waals surface area contributed by atoms with Crippen LogP contribution < -0.4 is 10.1 Å². The number of hydrogen-bond acceptors (Lipinski definition) is 6. The zero-order valence-electron chi connectivity index (χ0n) is 12.3. The van der Waals surface area contributed by atoms with Crippen molar-refractivity contribution in [2.75, 3.05) is 17.7 Å². The van der Waals surface area contributed by atoms with Gasteiger partial charge in [-0.3, -0.25) is 10.1 Å². The molecule has 1 aromatic carbocycles. The van der Waals surface area contributed by atoms with E-state index in [4.69, 9.17) is 4.74 Å². The van der Waals surface area contributed by atoms with Crippen LogP contribution in [0.25, 0.3) is 0 Å². The molecule has 0 bridgehead atoms. The Morgan fingerprint density at radius 3 is 3.00 bits per heavy atom. The van der Waals surface area contributed by atoms with E-state index in [2.05, 4.69) is 38.4 Å². The lowest BCUT2D eigenvalue weighted by molar-refractivity contribution is -0.118. The fraction of sp³-hybridized carbons (Fsp3) is 0.357.